The van der Waals surface area contributed by atoms with E-state index in [0.717, 1.165) is 48.5 Å². The summed E-state index contributed by atoms with van der Waals surface area (Å²) in [6.07, 6.45) is 3.88. The van der Waals surface area contributed by atoms with E-state index in [-0.39, 0.29) is 18.2 Å². The Morgan fingerprint density at radius 1 is 1.07 bits per heavy atom. The van der Waals surface area contributed by atoms with Gasteiger partial charge in [-0.05, 0) is 69.6 Å². The Morgan fingerprint density at radius 3 is 2.66 bits per heavy atom. The summed E-state index contributed by atoms with van der Waals surface area (Å²) in [6, 6.07) is 7.18. The molecule has 0 unspecified atom stereocenters. The van der Waals surface area contributed by atoms with Crippen LogP contribution in [0.4, 0.5) is 4.39 Å². The molecule has 3 aromatic heterocycles. The van der Waals surface area contributed by atoms with E-state index in [1.165, 1.54) is 6.07 Å². The molecule has 5 rings (SSSR count). The first-order valence-corrected chi connectivity index (χ1v) is 9.60. The molecule has 29 heavy (non-hydrogen) atoms. The van der Waals surface area contributed by atoms with Crippen LogP contribution < -0.4 is 5.32 Å². The molecular weight excluding hydrogens is 391 g/mol. The first-order valence-electron chi connectivity index (χ1n) is 9.60. The summed E-state index contributed by atoms with van der Waals surface area (Å²) in [4.78, 5) is 4.47. The van der Waals surface area contributed by atoms with Gasteiger partial charge in [-0.15, -0.1) is 12.4 Å². The van der Waals surface area contributed by atoms with Gasteiger partial charge in [0.2, 0.25) is 0 Å². The molecule has 0 saturated carbocycles. The van der Waals surface area contributed by atoms with E-state index in [9.17, 15) is 4.39 Å². The van der Waals surface area contributed by atoms with E-state index in [1.54, 1.807) is 4.52 Å². The summed E-state index contributed by atoms with van der Waals surface area (Å²) in [5.74, 6) is 0.0485. The molecule has 1 aromatic carbocycles. The van der Waals surface area contributed by atoms with Crippen molar-refractivity contribution in [3.05, 3.63) is 53.2 Å². The van der Waals surface area contributed by atoms with Crippen molar-refractivity contribution in [1.82, 2.24) is 30.1 Å². The van der Waals surface area contributed by atoms with Gasteiger partial charge in [-0.1, -0.05) is 0 Å². The van der Waals surface area contributed by atoms with Gasteiger partial charge in [0.05, 0.1) is 28.8 Å². The standard InChI is InChI=1S/C21H21FN6.ClH/c1-12-7-19(27-28-11-13(2)24-21(12)28)15-8-17(22)16-10-18(25-26-20(16)9-15)14-3-5-23-6-4-14;/h7-11,14,23H,3-6H2,1-2H3;1H. The largest absolute Gasteiger partial charge is 0.317 e. The molecule has 0 radical (unpaired) electrons. The van der Waals surface area contributed by atoms with Crippen LogP contribution in [-0.4, -0.2) is 37.9 Å². The van der Waals surface area contributed by atoms with Crippen molar-refractivity contribution < 1.29 is 4.39 Å². The van der Waals surface area contributed by atoms with Gasteiger partial charge in [-0.25, -0.2) is 13.9 Å². The summed E-state index contributed by atoms with van der Waals surface area (Å²) in [6.45, 7) is 5.84. The lowest BCUT2D eigenvalue weighted by Gasteiger charge is -2.21. The van der Waals surface area contributed by atoms with Crippen molar-refractivity contribution in [2.75, 3.05) is 13.1 Å². The Balaban J connectivity index is 0.00000205. The number of halogens is 2. The topological polar surface area (TPSA) is 68.0 Å². The summed E-state index contributed by atoms with van der Waals surface area (Å²) >= 11 is 0. The molecule has 1 saturated heterocycles. The zero-order chi connectivity index (χ0) is 19.3. The monoisotopic (exact) mass is 412 g/mol. The second-order valence-corrected chi connectivity index (χ2v) is 7.55. The molecule has 4 aromatic rings. The van der Waals surface area contributed by atoms with Crippen LogP contribution in [0.2, 0.25) is 0 Å². The van der Waals surface area contributed by atoms with Crippen LogP contribution in [0, 0.1) is 19.7 Å². The fourth-order valence-electron chi connectivity index (χ4n) is 3.97. The van der Waals surface area contributed by atoms with Crippen molar-refractivity contribution in [2.24, 2.45) is 0 Å². The van der Waals surface area contributed by atoms with Gasteiger partial charge in [0.25, 0.3) is 0 Å². The molecule has 1 N–H and O–H groups in total. The van der Waals surface area contributed by atoms with Crippen LogP contribution in [0.5, 0.6) is 0 Å². The van der Waals surface area contributed by atoms with Crippen molar-refractivity contribution in [3.8, 4) is 11.3 Å². The molecule has 4 heterocycles. The highest BCUT2D eigenvalue weighted by atomic mass is 35.5. The molecule has 0 bridgehead atoms. The lowest BCUT2D eigenvalue weighted by molar-refractivity contribution is 0.451. The molecular formula is C21H22ClFN6. The summed E-state index contributed by atoms with van der Waals surface area (Å²) < 4.78 is 16.7. The minimum absolute atomic E-state index is 0. The quantitative estimate of drug-likeness (QED) is 0.539. The van der Waals surface area contributed by atoms with E-state index in [2.05, 4.69) is 25.6 Å². The summed E-state index contributed by atoms with van der Waals surface area (Å²) in [5.41, 5.74) is 5.50. The molecule has 1 aliphatic heterocycles. The normalized spacial score (nSPS) is 15.0. The number of piperidine rings is 1. The maximum absolute atomic E-state index is 15.0. The Labute approximate surface area is 174 Å². The smallest absolute Gasteiger partial charge is 0.156 e. The van der Waals surface area contributed by atoms with E-state index in [0.29, 0.717) is 28.1 Å². The molecule has 0 amide bonds. The number of imidazole rings is 1. The van der Waals surface area contributed by atoms with Gasteiger partial charge in [0.1, 0.15) is 5.82 Å². The van der Waals surface area contributed by atoms with E-state index in [1.807, 2.05) is 38.2 Å². The van der Waals surface area contributed by atoms with Gasteiger partial charge < -0.3 is 5.32 Å². The van der Waals surface area contributed by atoms with Crippen LogP contribution in [-0.2, 0) is 0 Å². The number of aryl methyl sites for hydroxylation is 2. The molecule has 8 heteroatoms. The summed E-state index contributed by atoms with van der Waals surface area (Å²) in [5, 5.41) is 17.2. The SMILES string of the molecule is Cc1cn2nc(-c3cc(F)c4cc(C5CCNCC5)nnc4c3)cc(C)c2n1.Cl. The number of benzene rings is 1. The lowest BCUT2D eigenvalue weighted by atomic mass is 9.93. The molecule has 1 aliphatic rings. The molecule has 150 valence electrons. The van der Waals surface area contributed by atoms with Crippen molar-refractivity contribution >= 4 is 29.0 Å². The first-order chi connectivity index (χ1) is 13.6. The fraction of sp³-hybridized carbons (Fsp3) is 0.333. The number of hydrogen-bond donors (Lipinski definition) is 1. The number of fused-ring (bicyclic) bond motifs is 2. The number of nitrogens with zero attached hydrogens (tertiary/aromatic N) is 5. The van der Waals surface area contributed by atoms with Crippen molar-refractivity contribution in [1.29, 1.82) is 0 Å². The van der Waals surface area contributed by atoms with Crippen LogP contribution in [0.25, 0.3) is 27.8 Å². The second-order valence-electron chi connectivity index (χ2n) is 7.55. The Hall–Kier alpha value is -2.64. The van der Waals surface area contributed by atoms with Crippen LogP contribution in [0.15, 0.2) is 30.5 Å². The maximum Gasteiger partial charge on any atom is 0.156 e. The molecule has 6 nitrogen and oxygen atoms in total. The van der Waals surface area contributed by atoms with Gasteiger partial charge in [0, 0.05) is 16.9 Å². The number of rotatable bonds is 2. The third-order valence-electron chi connectivity index (χ3n) is 5.46. The Morgan fingerprint density at radius 2 is 1.86 bits per heavy atom. The maximum atomic E-state index is 15.0. The highest BCUT2D eigenvalue weighted by molar-refractivity contribution is 5.85. The third-order valence-corrected chi connectivity index (χ3v) is 5.46. The van der Waals surface area contributed by atoms with Crippen molar-refractivity contribution in [3.63, 3.8) is 0 Å². The minimum atomic E-state index is -0.293. The lowest BCUT2D eigenvalue weighted by Crippen LogP contribution is -2.27. The van der Waals surface area contributed by atoms with Crippen molar-refractivity contribution in [2.45, 2.75) is 32.6 Å². The first kappa shape index (κ1) is 19.7. The average Bonchev–Trinajstić information content (AvgIpc) is 3.09. The molecule has 0 spiro atoms. The molecule has 0 atom stereocenters. The zero-order valence-electron chi connectivity index (χ0n) is 16.3. The summed E-state index contributed by atoms with van der Waals surface area (Å²) in [7, 11) is 0. The highest BCUT2D eigenvalue weighted by Gasteiger charge is 2.19. The van der Waals surface area contributed by atoms with Gasteiger partial charge in [-0.3, -0.25) is 0 Å². The number of hydrogen-bond acceptors (Lipinski definition) is 5. The molecule has 0 aliphatic carbocycles. The third kappa shape index (κ3) is 3.56. The van der Waals surface area contributed by atoms with E-state index in [4.69, 9.17) is 0 Å². The van der Waals surface area contributed by atoms with Gasteiger partial charge >= 0.3 is 0 Å². The van der Waals surface area contributed by atoms with E-state index >= 15 is 0 Å². The van der Waals surface area contributed by atoms with E-state index < -0.39 is 0 Å². The predicted octanol–water partition coefficient (Wildman–Crippen LogP) is 3.98. The van der Waals surface area contributed by atoms with Crippen LogP contribution in [0.3, 0.4) is 0 Å². The minimum Gasteiger partial charge on any atom is -0.317 e. The zero-order valence-corrected chi connectivity index (χ0v) is 17.1. The number of aromatic nitrogens is 5. The number of nitrogens with one attached hydrogen (secondary N) is 1. The Kier molecular flexibility index (Phi) is 5.19. The second kappa shape index (κ2) is 7.65. The Bertz CT molecular complexity index is 1200. The van der Waals surface area contributed by atoms with Gasteiger partial charge in [-0.2, -0.15) is 15.3 Å². The predicted molar refractivity (Wildman–Crippen MR) is 113 cm³/mol. The average molecular weight is 413 g/mol. The van der Waals surface area contributed by atoms with Crippen LogP contribution in [0.1, 0.15) is 35.7 Å². The van der Waals surface area contributed by atoms with Gasteiger partial charge in [0.15, 0.2) is 5.65 Å². The van der Waals surface area contributed by atoms with Crippen LogP contribution >= 0.6 is 12.4 Å². The molecule has 1 fully saturated rings. The highest BCUT2D eigenvalue weighted by Crippen LogP contribution is 2.29. The fourth-order valence-corrected chi connectivity index (χ4v) is 3.97.